The zero-order chi connectivity index (χ0) is 26.6. The second-order valence-corrected chi connectivity index (χ2v) is 9.95. The number of halogens is 1. The van der Waals surface area contributed by atoms with Gasteiger partial charge in [-0.05, 0) is 31.5 Å². The molecule has 6 rings (SSSR count). The van der Waals surface area contributed by atoms with Crippen molar-refractivity contribution in [2.24, 2.45) is 0 Å². The van der Waals surface area contributed by atoms with E-state index in [0.29, 0.717) is 50.9 Å². The normalized spacial score (nSPS) is 14.5. The number of ether oxygens (including phenoxy) is 2. The molecule has 4 heterocycles. The molecule has 0 spiro atoms. The van der Waals surface area contributed by atoms with Crippen LogP contribution in [0.3, 0.4) is 0 Å². The number of fused-ring (bicyclic) bond motifs is 4. The molecule has 1 amide bonds. The van der Waals surface area contributed by atoms with E-state index in [9.17, 15) is 9.90 Å². The van der Waals surface area contributed by atoms with Gasteiger partial charge in [-0.1, -0.05) is 0 Å². The van der Waals surface area contributed by atoms with E-state index in [1.807, 2.05) is 19.1 Å². The van der Waals surface area contributed by atoms with E-state index in [4.69, 9.17) is 14.5 Å². The van der Waals surface area contributed by atoms with Gasteiger partial charge in [-0.15, -0.1) is 11.3 Å². The quantitative estimate of drug-likeness (QED) is 0.335. The molecule has 0 saturated carbocycles. The zero-order valence-electron chi connectivity index (χ0n) is 20.6. The summed E-state index contributed by atoms with van der Waals surface area (Å²) in [4.78, 5) is 35.0. The minimum absolute atomic E-state index is 0.0109. The Hall–Kier alpha value is -4.45. The van der Waals surface area contributed by atoms with Crippen LogP contribution < -0.4 is 14.4 Å². The summed E-state index contributed by atoms with van der Waals surface area (Å²) in [5, 5.41) is 10.5. The molecule has 0 aliphatic carbocycles. The molecule has 5 aromatic rings. The lowest BCUT2D eigenvalue weighted by Gasteiger charge is -2.22. The minimum Gasteiger partial charge on any atom is -0.485 e. The van der Waals surface area contributed by atoms with Crippen molar-refractivity contribution in [2.75, 3.05) is 18.6 Å². The van der Waals surface area contributed by atoms with E-state index in [-0.39, 0.29) is 12.3 Å². The number of hydrogen-bond acceptors (Lipinski definition) is 9. The van der Waals surface area contributed by atoms with Crippen molar-refractivity contribution in [3.63, 3.8) is 0 Å². The molecule has 2 aromatic carbocycles. The van der Waals surface area contributed by atoms with Gasteiger partial charge in [-0.3, -0.25) is 4.90 Å². The summed E-state index contributed by atoms with van der Waals surface area (Å²) >= 11 is 1.42. The monoisotopic (exact) mass is 532 g/mol. The second kappa shape index (κ2) is 9.14. The molecule has 10 nitrogen and oxygen atoms in total. The fraction of sp³-hybridized carbons (Fsp3) is 0.231. The van der Waals surface area contributed by atoms with E-state index >= 15 is 4.39 Å². The largest absolute Gasteiger partial charge is 0.485 e. The Balaban J connectivity index is 1.37. The van der Waals surface area contributed by atoms with E-state index in [1.165, 1.54) is 36.9 Å². The Morgan fingerprint density at radius 3 is 2.68 bits per heavy atom. The van der Waals surface area contributed by atoms with Crippen LogP contribution in [0.4, 0.5) is 14.9 Å². The number of hydrogen-bond donors (Lipinski definition) is 1. The van der Waals surface area contributed by atoms with Crippen LogP contribution in [0.25, 0.3) is 31.8 Å². The van der Waals surface area contributed by atoms with Crippen molar-refractivity contribution in [1.82, 2.24) is 24.9 Å². The van der Waals surface area contributed by atoms with Crippen molar-refractivity contribution >= 4 is 44.4 Å². The van der Waals surface area contributed by atoms with Crippen LogP contribution in [-0.2, 0) is 6.42 Å². The molecule has 1 N–H and O–H groups in total. The van der Waals surface area contributed by atoms with Gasteiger partial charge in [0.2, 0.25) is 5.88 Å². The third-order valence-corrected chi connectivity index (χ3v) is 7.47. The van der Waals surface area contributed by atoms with E-state index < -0.39 is 18.0 Å². The first kappa shape index (κ1) is 23.9. The molecule has 1 aliphatic rings. The predicted octanol–water partition coefficient (Wildman–Crippen LogP) is 4.95. The summed E-state index contributed by atoms with van der Waals surface area (Å²) in [7, 11) is 1.54. The number of anilines is 1. The van der Waals surface area contributed by atoms with Crippen molar-refractivity contribution in [3.8, 4) is 22.2 Å². The Labute approximate surface area is 219 Å². The first-order chi connectivity index (χ1) is 18.3. The van der Waals surface area contributed by atoms with Crippen molar-refractivity contribution in [2.45, 2.75) is 26.4 Å². The molecule has 0 fully saturated rings. The number of nitrogens with zero attached hydrogens (tertiary/aromatic N) is 6. The van der Waals surface area contributed by atoms with Crippen LogP contribution >= 0.6 is 11.3 Å². The fourth-order valence-electron chi connectivity index (χ4n) is 4.58. The highest BCUT2D eigenvalue weighted by atomic mass is 32.1. The summed E-state index contributed by atoms with van der Waals surface area (Å²) in [6.07, 6.45) is 3.00. The molecule has 1 atom stereocenters. The lowest BCUT2D eigenvalue weighted by molar-refractivity contribution is 0.190. The van der Waals surface area contributed by atoms with Crippen LogP contribution in [0.5, 0.6) is 11.6 Å². The Kier molecular flexibility index (Phi) is 5.75. The van der Waals surface area contributed by atoms with Gasteiger partial charge in [0.1, 0.15) is 16.9 Å². The molecule has 38 heavy (non-hydrogen) atoms. The Morgan fingerprint density at radius 2 is 1.95 bits per heavy atom. The molecule has 0 radical (unpaired) electrons. The molecule has 0 unspecified atom stereocenters. The van der Waals surface area contributed by atoms with Crippen molar-refractivity contribution in [1.29, 1.82) is 0 Å². The molecule has 3 aromatic heterocycles. The molecule has 0 bridgehead atoms. The van der Waals surface area contributed by atoms with Crippen molar-refractivity contribution < 1.29 is 23.8 Å². The van der Waals surface area contributed by atoms with Crippen LogP contribution in [0.2, 0.25) is 0 Å². The fourth-order valence-corrected chi connectivity index (χ4v) is 5.69. The van der Waals surface area contributed by atoms with Gasteiger partial charge in [-0.25, -0.2) is 34.1 Å². The highest BCUT2D eigenvalue weighted by molar-refractivity contribution is 7.22. The summed E-state index contributed by atoms with van der Waals surface area (Å²) in [6.45, 7) is 3.66. The van der Waals surface area contributed by atoms with Crippen LogP contribution in [-0.4, -0.2) is 55.9 Å². The van der Waals surface area contributed by atoms with Crippen LogP contribution in [0, 0.1) is 19.7 Å². The first-order valence-corrected chi connectivity index (χ1v) is 12.5. The van der Waals surface area contributed by atoms with Crippen molar-refractivity contribution in [3.05, 3.63) is 59.6 Å². The topological polar surface area (TPSA) is 123 Å². The summed E-state index contributed by atoms with van der Waals surface area (Å²) < 4.78 is 27.0. The number of benzene rings is 2. The van der Waals surface area contributed by atoms with Crippen LogP contribution in [0.15, 0.2) is 36.8 Å². The van der Waals surface area contributed by atoms with Gasteiger partial charge in [0, 0.05) is 23.6 Å². The lowest BCUT2D eigenvalue weighted by atomic mass is 10.1. The zero-order valence-corrected chi connectivity index (χ0v) is 21.4. The second-order valence-electron chi connectivity index (χ2n) is 8.95. The number of aromatic nitrogens is 5. The number of carboxylic acid groups (broad SMARTS) is 1. The predicted molar refractivity (Wildman–Crippen MR) is 140 cm³/mol. The summed E-state index contributed by atoms with van der Waals surface area (Å²) in [6, 6.07) is 5.25. The van der Waals surface area contributed by atoms with E-state index in [2.05, 4.69) is 19.9 Å². The lowest BCUT2D eigenvalue weighted by Crippen LogP contribution is -2.38. The van der Waals surface area contributed by atoms with Gasteiger partial charge < -0.3 is 14.6 Å². The highest BCUT2D eigenvalue weighted by Gasteiger charge is 2.33. The average Bonchev–Trinajstić information content (AvgIpc) is 3.51. The van der Waals surface area contributed by atoms with Crippen LogP contribution in [0.1, 0.15) is 17.0 Å². The van der Waals surface area contributed by atoms with Gasteiger partial charge in [0.25, 0.3) is 0 Å². The summed E-state index contributed by atoms with van der Waals surface area (Å²) in [5.74, 6) is 0.530. The number of aryl methyl sites for hydroxylation is 2. The van der Waals surface area contributed by atoms with E-state index in [1.54, 1.807) is 13.1 Å². The number of methoxy groups -OCH3 is 1. The number of carbonyl (C=O) groups is 1. The molecule has 1 aliphatic heterocycles. The number of rotatable bonds is 5. The molecular formula is C26H21FN6O4S. The standard InChI is InChI=1S/C26H21FN6O4S/c1-12-4-16(22-19(5-12)31-21(36-3)10-30-22)25-32-20-7-18(27)23-17(24(20)38-25)6-15(37-23)11-33(26(34)35)14-8-28-13(2)29-9-14/h4-5,7-10,15H,6,11H2,1-3H3,(H,34,35)/t15-/m1/s1. The van der Waals surface area contributed by atoms with Gasteiger partial charge >= 0.3 is 6.09 Å². The minimum atomic E-state index is -1.17. The average molecular weight is 533 g/mol. The van der Waals surface area contributed by atoms with Gasteiger partial charge in [-0.2, -0.15) is 0 Å². The number of thiazole rings is 1. The van der Waals surface area contributed by atoms with Gasteiger partial charge in [0.15, 0.2) is 11.6 Å². The third kappa shape index (κ3) is 4.12. The third-order valence-electron chi connectivity index (χ3n) is 6.30. The SMILES string of the molecule is COc1cnc2c(-c3nc4cc(F)c5c(c4s3)C[C@H](CN(C(=O)O)c3cnc(C)nc3)O5)cc(C)cc2n1. The molecule has 12 heteroatoms. The molecule has 0 saturated heterocycles. The maximum Gasteiger partial charge on any atom is 0.412 e. The maximum absolute atomic E-state index is 15.1. The number of amides is 1. The Bertz CT molecular complexity index is 1730. The smallest absolute Gasteiger partial charge is 0.412 e. The highest BCUT2D eigenvalue weighted by Crippen LogP contribution is 2.43. The first-order valence-electron chi connectivity index (χ1n) is 11.7. The Morgan fingerprint density at radius 1 is 1.16 bits per heavy atom. The molecule has 192 valence electrons. The molecular weight excluding hydrogens is 511 g/mol. The maximum atomic E-state index is 15.1. The summed E-state index contributed by atoms with van der Waals surface area (Å²) in [5.41, 5.74) is 4.59. The van der Waals surface area contributed by atoms with E-state index in [0.717, 1.165) is 20.7 Å². The van der Waals surface area contributed by atoms with Gasteiger partial charge in [0.05, 0.1) is 59.2 Å².